The number of hydrogen-bond acceptors (Lipinski definition) is 3. The first kappa shape index (κ1) is 13.9. The van der Waals surface area contributed by atoms with Gasteiger partial charge in [0.05, 0.1) is 19.3 Å². The number of aliphatic hydroxyl groups excluding tert-OH is 1. The summed E-state index contributed by atoms with van der Waals surface area (Å²) >= 11 is 3.13. The van der Waals surface area contributed by atoms with Gasteiger partial charge < -0.3 is 15.2 Å². The van der Waals surface area contributed by atoms with Crippen molar-refractivity contribution >= 4 is 22.0 Å². The second-order valence-electron chi connectivity index (χ2n) is 3.27. The number of aliphatic hydroxyl groups is 1. The molecule has 2 N–H and O–H groups in total. The van der Waals surface area contributed by atoms with E-state index in [1.165, 1.54) is 12.1 Å². The maximum Gasteiger partial charge on any atom is 0.407 e. The van der Waals surface area contributed by atoms with Crippen molar-refractivity contribution in [3.05, 3.63) is 34.1 Å². The zero-order valence-corrected chi connectivity index (χ0v) is 10.8. The fraction of sp³-hybridized carbons (Fsp3) is 0.364. The van der Waals surface area contributed by atoms with Gasteiger partial charge in [0.15, 0.2) is 0 Å². The molecule has 17 heavy (non-hydrogen) atoms. The standard InChI is InChI=1S/C11H13BrFNO3/c1-2-17-11(16)14-10(6-15)8-4-3-7(12)5-9(8)13/h3-5,10,15H,2,6H2,1H3,(H,14,16)/t10-/m1/s1. The Hall–Kier alpha value is -1.14. The van der Waals surface area contributed by atoms with Crippen LogP contribution < -0.4 is 5.32 Å². The highest BCUT2D eigenvalue weighted by Gasteiger charge is 2.17. The van der Waals surface area contributed by atoms with Gasteiger partial charge in [-0.2, -0.15) is 0 Å². The van der Waals surface area contributed by atoms with Gasteiger partial charge in [0, 0.05) is 10.0 Å². The maximum absolute atomic E-state index is 13.6. The van der Waals surface area contributed by atoms with E-state index < -0.39 is 24.6 Å². The molecule has 0 unspecified atom stereocenters. The summed E-state index contributed by atoms with van der Waals surface area (Å²) in [5.41, 5.74) is 0.212. The van der Waals surface area contributed by atoms with Gasteiger partial charge in [-0.3, -0.25) is 0 Å². The topological polar surface area (TPSA) is 58.6 Å². The molecule has 4 nitrogen and oxygen atoms in total. The molecule has 1 aromatic carbocycles. The number of ether oxygens (including phenoxy) is 1. The number of benzene rings is 1. The normalized spacial score (nSPS) is 12.0. The minimum atomic E-state index is -0.817. The minimum absolute atomic E-state index is 0.212. The molecule has 1 atom stereocenters. The quantitative estimate of drug-likeness (QED) is 0.898. The fourth-order valence-electron chi connectivity index (χ4n) is 1.32. The van der Waals surface area contributed by atoms with Crippen LogP contribution in [0.25, 0.3) is 0 Å². The molecule has 0 heterocycles. The van der Waals surface area contributed by atoms with E-state index in [0.29, 0.717) is 4.47 Å². The maximum atomic E-state index is 13.6. The highest BCUT2D eigenvalue weighted by Crippen LogP contribution is 2.21. The molecule has 1 rings (SSSR count). The van der Waals surface area contributed by atoms with Gasteiger partial charge in [0.1, 0.15) is 5.82 Å². The molecule has 0 spiro atoms. The molecule has 0 radical (unpaired) electrons. The lowest BCUT2D eigenvalue weighted by molar-refractivity contribution is 0.140. The van der Waals surface area contributed by atoms with Crippen molar-refractivity contribution in [2.45, 2.75) is 13.0 Å². The second-order valence-corrected chi connectivity index (χ2v) is 4.18. The summed E-state index contributed by atoms with van der Waals surface area (Å²) in [6.45, 7) is 1.47. The highest BCUT2D eigenvalue weighted by molar-refractivity contribution is 9.10. The van der Waals surface area contributed by atoms with E-state index in [0.717, 1.165) is 0 Å². The number of hydrogen-bond donors (Lipinski definition) is 2. The summed E-state index contributed by atoms with van der Waals surface area (Å²) in [4.78, 5) is 11.2. The van der Waals surface area contributed by atoms with Crippen LogP contribution in [0.3, 0.4) is 0 Å². The van der Waals surface area contributed by atoms with Gasteiger partial charge >= 0.3 is 6.09 Å². The molecule has 6 heteroatoms. The molecule has 94 valence electrons. The lowest BCUT2D eigenvalue weighted by atomic mass is 10.1. The van der Waals surface area contributed by atoms with Gasteiger partial charge in [-0.25, -0.2) is 9.18 Å². The lowest BCUT2D eigenvalue weighted by Gasteiger charge is -2.17. The summed E-state index contributed by atoms with van der Waals surface area (Å²) < 4.78 is 18.8. The molecule has 0 aliphatic rings. The average Bonchev–Trinajstić information content (AvgIpc) is 2.27. The molecule has 0 aromatic heterocycles. The largest absolute Gasteiger partial charge is 0.450 e. The van der Waals surface area contributed by atoms with Crippen LogP contribution >= 0.6 is 15.9 Å². The molecule has 0 fully saturated rings. The van der Waals surface area contributed by atoms with Crippen molar-refractivity contribution in [3.63, 3.8) is 0 Å². The fourth-order valence-corrected chi connectivity index (χ4v) is 1.65. The van der Waals surface area contributed by atoms with E-state index in [1.54, 1.807) is 13.0 Å². The summed E-state index contributed by atoms with van der Waals surface area (Å²) in [5, 5.41) is 11.5. The Labute approximate surface area is 107 Å². The lowest BCUT2D eigenvalue weighted by Crippen LogP contribution is -2.31. The van der Waals surface area contributed by atoms with Crippen LogP contribution in [0.4, 0.5) is 9.18 Å². The number of halogens is 2. The molecular formula is C11H13BrFNO3. The van der Waals surface area contributed by atoms with Crippen molar-refractivity contribution in [2.24, 2.45) is 0 Å². The Kier molecular flexibility index (Phi) is 5.37. The Morgan fingerprint density at radius 2 is 2.35 bits per heavy atom. The minimum Gasteiger partial charge on any atom is -0.450 e. The van der Waals surface area contributed by atoms with E-state index in [2.05, 4.69) is 26.0 Å². The smallest absolute Gasteiger partial charge is 0.407 e. The molecule has 0 aliphatic heterocycles. The van der Waals surface area contributed by atoms with Crippen molar-refractivity contribution < 1.29 is 19.0 Å². The van der Waals surface area contributed by atoms with Crippen LogP contribution in [-0.4, -0.2) is 24.4 Å². The van der Waals surface area contributed by atoms with Gasteiger partial charge in [0.25, 0.3) is 0 Å². The van der Waals surface area contributed by atoms with Crippen molar-refractivity contribution in [1.29, 1.82) is 0 Å². The van der Waals surface area contributed by atoms with Crippen molar-refractivity contribution in [2.75, 3.05) is 13.2 Å². The van der Waals surface area contributed by atoms with Gasteiger partial charge in [-0.1, -0.05) is 22.0 Å². The third kappa shape index (κ3) is 3.98. The summed E-state index contributed by atoms with van der Waals surface area (Å²) in [6.07, 6.45) is -0.686. The molecular weight excluding hydrogens is 293 g/mol. The van der Waals surface area contributed by atoms with E-state index >= 15 is 0 Å². The monoisotopic (exact) mass is 305 g/mol. The number of nitrogens with one attached hydrogen (secondary N) is 1. The summed E-state index contributed by atoms with van der Waals surface area (Å²) in [5.74, 6) is -0.504. The molecule has 0 saturated carbocycles. The summed E-state index contributed by atoms with van der Waals surface area (Å²) in [7, 11) is 0. The van der Waals surface area contributed by atoms with E-state index in [1.807, 2.05) is 0 Å². The van der Waals surface area contributed by atoms with Gasteiger partial charge in [-0.15, -0.1) is 0 Å². The number of carbonyl (C=O) groups excluding carboxylic acids is 1. The molecule has 1 amide bonds. The molecule has 0 bridgehead atoms. The van der Waals surface area contributed by atoms with Crippen LogP contribution in [0, 0.1) is 5.82 Å². The van der Waals surface area contributed by atoms with E-state index in [-0.39, 0.29) is 12.2 Å². The van der Waals surface area contributed by atoms with E-state index in [9.17, 15) is 9.18 Å². The zero-order chi connectivity index (χ0) is 12.8. The Bertz CT molecular complexity index is 400. The van der Waals surface area contributed by atoms with E-state index in [4.69, 9.17) is 5.11 Å². The Morgan fingerprint density at radius 3 is 2.88 bits per heavy atom. The second kappa shape index (κ2) is 6.56. The van der Waals surface area contributed by atoms with Crippen LogP contribution in [0.1, 0.15) is 18.5 Å². The number of amides is 1. The SMILES string of the molecule is CCOC(=O)N[C@H](CO)c1ccc(Br)cc1F. The zero-order valence-electron chi connectivity index (χ0n) is 9.24. The van der Waals surface area contributed by atoms with Crippen LogP contribution in [0.5, 0.6) is 0 Å². The predicted molar refractivity (Wildman–Crippen MR) is 64.1 cm³/mol. The molecule has 0 aliphatic carbocycles. The third-order valence-electron chi connectivity index (χ3n) is 2.09. The first-order chi connectivity index (χ1) is 8.08. The first-order valence-corrected chi connectivity index (χ1v) is 5.86. The summed E-state index contributed by atoms with van der Waals surface area (Å²) in [6, 6.07) is 3.58. The first-order valence-electron chi connectivity index (χ1n) is 5.07. The number of alkyl carbamates (subject to hydrolysis) is 1. The Morgan fingerprint density at radius 1 is 1.65 bits per heavy atom. The molecule has 0 saturated heterocycles. The Balaban J connectivity index is 2.82. The number of carbonyl (C=O) groups is 1. The molecule has 1 aromatic rings. The van der Waals surface area contributed by atoms with Crippen LogP contribution in [0.2, 0.25) is 0 Å². The number of rotatable bonds is 4. The highest BCUT2D eigenvalue weighted by atomic mass is 79.9. The predicted octanol–water partition coefficient (Wildman–Crippen LogP) is 2.37. The van der Waals surface area contributed by atoms with Gasteiger partial charge in [-0.05, 0) is 19.1 Å². The van der Waals surface area contributed by atoms with Gasteiger partial charge in [0.2, 0.25) is 0 Å². The van der Waals surface area contributed by atoms with Crippen LogP contribution in [0.15, 0.2) is 22.7 Å². The van der Waals surface area contributed by atoms with Crippen molar-refractivity contribution in [3.8, 4) is 0 Å². The van der Waals surface area contributed by atoms with Crippen molar-refractivity contribution in [1.82, 2.24) is 5.32 Å². The average molecular weight is 306 g/mol. The van der Waals surface area contributed by atoms with Crippen LogP contribution in [-0.2, 0) is 4.74 Å². The third-order valence-corrected chi connectivity index (χ3v) is 2.58.